The van der Waals surface area contributed by atoms with Crippen molar-refractivity contribution in [2.75, 3.05) is 35.5 Å². The average molecular weight is 453 g/mol. The molecule has 0 spiro atoms. The van der Waals surface area contributed by atoms with Crippen molar-refractivity contribution in [1.82, 2.24) is 29.5 Å². The van der Waals surface area contributed by atoms with E-state index in [0.29, 0.717) is 30.9 Å². The minimum Gasteiger partial charge on any atom is -0.368 e. The lowest BCUT2D eigenvalue weighted by atomic mass is 10.6. The number of anilines is 2. The van der Waals surface area contributed by atoms with Gasteiger partial charge >= 0.3 is 0 Å². The van der Waals surface area contributed by atoms with Gasteiger partial charge < -0.3 is 11.5 Å². The molecule has 2 aromatic rings. The van der Waals surface area contributed by atoms with Crippen molar-refractivity contribution < 1.29 is 0 Å². The average Bonchev–Trinajstić information content (AvgIpc) is 3.16. The minimum atomic E-state index is 0.309. The van der Waals surface area contributed by atoms with Gasteiger partial charge in [-0.05, 0) is 18.9 Å². The third-order valence-corrected chi connectivity index (χ3v) is 6.63. The van der Waals surface area contributed by atoms with Crippen LogP contribution in [0.1, 0.15) is 6.42 Å². The van der Waals surface area contributed by atoms with Gasteiger partial charge in [0, 0.05) is 11.5 Å². The Bertz CT molecular complexity index is 694. The zero-order chi connectivity index (χ0) is 18.4. The van der Waals surface area contributed by atoms with Gasteiger partial charge in [-0.25, -0.2) is 0 Å². The maximum Gasteiger partial charge on any atom is 0.225 e. The Balaban J connectivity index is 1.73. The number of hydrogen-bond donors (Lipinski definition) is 2. The summed E-state index contributed by atoms with van der Waals surface area (Å²) in [6, 6.07) is 0. The van der Waals surface area contributed by atoms with Crippen molar-refractivity contribution in [1.29, 1.82) is 0 Å². The van der Waals surface area contributed by atoms with Crippen molar-refractivity contribution in [2.45, 2.75) is 16.7 Å². The number of hydrogen-bond acceptors (Lipinski definition) is 12. The monoisotopic (exact) mass is 452 g/mol. The second-order valence-electron chi connectivity index (χ2n) is 4.32. The van der Waals surface area contributed by atoms with Gasteiger partial charge in [0.05, 0.1) is 0 Å². The highest BCUT2D eigenvalue weighted by Crippen LogP contribution is 2.18. The Morgan fingerprint density at radius 3 is 1.60 bits per heavy atom. The molecule has 0 saturated carbocycles. The zero-order valence-corrected chi connectivity index (χ0v) is 18.3. The Labute approximate surface area is 173 Å². The van der Waals surface area contributed by atoms with E-state index in [2.05, 4.69) is 20.2 Å². The van der Waals surface area contributed by atoms with Crippen LogP contribution in [0.15, 0.2) is 10.3 Å². The summed E-state index contributed by atoms with van der Waals surface area (Å²) in [6.07, 6.45) is 4.68. The van der Waals surface area contributed by atoms with Crippen LogP contribution in [-0.4, -0.2) is 62.2 Å². The van der Waals surface area contributed by atoms with Crippen molar-refractivity contribution in [3.63, 3.8) is 0 Å². The second-order valence-corrected chi connectivity index (χ2v) is 9.32. The van der Waals surface area contributed by atoms with Crippen LogP contribution in [0.5, 0.6) is 0 Å². The smallest absolute Gasteiger partial charge is 0.225 e. The largest absolute Gasteiger partial charge is 0.368 e. The van der Waals surface area contributed by atoms with Gasteiger partial charge in [0.15, 0.2) is 8.64 Å². The van der Waals surface area contributed by atoms with Crippen molar-refractivity contribution in [3.8, 4) is 0 Å². The summed E-state index contributed by atoms with van der Waals surface area (Å²) in [7, 11) is 0. The molecule has 0 aliphatic carbocycles. The summed E-state index contributed by atoms with van der Waals surface area (Å²) >= 11 is 16.5. The molecule has 4 N–H and O–H groups in total. The van der Waals surface area contributed by atoms with E-state index >= 15 is 0 Å². The van der Waals surface area contributed by atoms with E-state index in [1.165, 1.54) is 56.4 Å². The van der Waals surface area contributed by atoms with Crippen LogP contribution in [0.25, 0.3) is 0 Å². The highest BCUT2D eigenvalue weighted by atomic mass is 32.2. The molecule has 0 aromatic carbocycles. The van der Waals surface area contributed by atoms with Crippen LogP contribution in [0.3, 0.4) is 0 Å². The van der Waals surface area contributed by atoms with Gasteiger partial charge in [0.1, 0.15) is 0 Å². The fourth-order valence-corrected chi connectivity index (χ4v) is 4.64. The molecule has 25 heavy (non-hydrogen) atoms. The molecular weight excluding hydrogens is 437 g/mol. The number of thioether (sulfide) groups is 4. The summed E-state index contributed by atoms with van der Waals surface area (Å²) in [5.41, 5.74) is 11.6. The van der Waals surface area contributed by atoms with Crippen LogP contribution in [0.2, 0.25) is 0 Å². The molecule has 2 heterocycles. The summed E-state index contributed by atoms with van der Waals surface area (Å²) < 4.78 is 4.15. The van der Waals surface area contributed by atoms with Gasteiger partial charge in [-0.15, -0.1) is 10.2 Å². The molecule has 0 bridgehead atoms. The van der Waals surface area contributed by atoms with Gasteiger partial charge in [-0.2, -0.15) is 19.3 Å². The molecule has 0 atom stereocenters. The third-order valence-electron chi connectivity index (χ3n) is 2.68. The van der Waals surface area contributed by atoms with Gasteiger partial charge in [0.25, 0.3) is 0 Å². The predicted molar refractivity (Wildman–Crippen MR) is 118 cm³/mol. The molecule has 0 amide bonds. The summed E-state index contributed by atoms with van der Waals surface area (Å²) in [5, 5.41) is 9.69. The third kappa shape index (κ3) is 5.72. The standard InChI is InChI=1S/C11H16N8S6/c1-22-8-14-6(12)18(16-8)10(20)24-4-3-5-25-11(21)19-7(13)15-9(17-19)23-2/h3-5H2,1-2H3,(H2,12,14,16)(H2,13,15,17). The Hall–Kier alpha value is -0.540. The van der Waals surface area contributed by atoms with Crippen LogP contribution >= 0.6 is 71.5 Å². The van der Waals surface area contributed by atoms with E-state index in [4.69, 9.17) is 35.9 Å². The van der Waals surface area contributed by atoms with Crippen molar-refractivity contribution in [3.05, 3.63) is 0 Å². The van der Waals surface area contributed by atoms with Gasteiger partial charge in [0.2, 0.25) is 22.2 Å². The summed E-state index contributed by atoms with van der Waals surface area (Å²) in [5.74, 6) is 2.27. The first kappa shape index (κ1) is 20.8. The van der Waals surface area contributed by atoms with Crippen molar-refractivity contribution >= 4 is 92.0 Å². The maximum absolute atomic E-state index is 5.80. The minimum absolute atomic E-state index is 0.309. The molecule has 136 valence electrons. The lowest BCUT2D eigenvalue weighted by molar-refractivity contribution is 0.901. The lowest BCUT2D eigenvalue weighted by Gasteiger charge is -2.05. The van der Waals surface area contributed by atoms with Crippen LogP contribution in [0, 0.1) is 0 Å². The fraction of sp³-hybridized carbons (Fsp3) is 0.455. The number of nitrogens with two attached hydrogens (primary N) is 2. The predicted octanol–water partition coefficient (Wildman–Crippen LogP) is 2.30. The molecule has 0 unspecified atom stereocenters. The maximum atomic E-state index is 5.80. The number of aromatic nitrogens is 6. The number of nitrogens with zero attached hydrogens (tertiary/aromatic N) is 6. The fourth-order valence-electron chi connectivity index (χ4n) is 1.55. The highest BCUT2D eigenvalue weighted by Gasteiger charge is 2.12. The zero-order valence-electron chi connectivity index (χ0n) is 13.4. The molecule has 2 aromatic heterocycles. The highest BCUT2D eigenvalue weighted by molar-refractivity contribution is 8.23. The van der Waals surface area contributed by atoms with E-state index in [0.717, 1.165) is 17.9 Å². The molecule has 0 fully saturated rings. The van der Waals surface area contributed by atoms with Crippen LogP contribution in [-0.2, 0) is 0 Å². The van der Waals surface area contributed by atoms with Crippen LogP contribution < -0.4 is 11.5 Å². The normalized spacial score (nSPS) is 11.0. The van der Waals surface area contributed by atoms with E-state index in [-0.39, 0.29) is 0 Å². The summed E-state index contributed by atoms with van der Waals surface area (Å²) in [6.45, 7) is 0. The van der Waals surface area contributed by atoms with Gasteiger partial charge in [-0.3, -0.25) is 0 Å². The van der Waals surface area contributed by atoms with E-state index in [1.807, 2.05) is 12.5 Å². The molecule has 0 radical (unpaired) electrons. The molecular formula is C11H16N8S6. The first-order valence-corrected chi connectivity index (χ1v) is 12.1. The van der Waals surface area contributed by atoms with E-state index in [1.54, 1.807) is 0 Å². The first-order valence-electron chi connectivity index (χ1n) is 6.83. The van der Waals surface area contributed by atoms with Crippen LogP contribution in [0.4, 0.5) is 11.9 Å². The van der Waals surface area contributed by atoms with Gasteiger partial charge in [-0.1, -0.05) is 71.5 Å². The topological polar surface area (TPSA) is 113 Å². The SMILES string of the molecule is CSc1nc(N)n(C(=S)SCCCSC(=S)n2nc(SC)nc2N)n1. The molecule has 2 rings (SSSR count). The lowest BCUT2D eigenvalue weighted by Crippen LogP contribution is -2.12. The molecule has 0 saturated heterocycles. The first-order chi connectivity index (χ1) is 12.0. The summed E-state index contributed by atoms with van der Waals surface area (Å²) in [4.78, 5) is 8.22. The second kappa shape index (κ2) is 9.97. The molecule has 0 aliphatic heterocycles. The number of rotatable bonds is 6. The van der Waals surface area contributed by atoms with E-state index < -0.39 is 0 Å². The molecule has 14 heteroatoms. The Morgan fingerprint density at radius 2 is 1.28 bits per heavy atom. The van der Waals surface area contributed by atoms with Crippen molar-refractivity contribution in [2.24, 2.45) is 0 Å². The van der Waals surface area contributed by atoms with E-state index in [9.17, 15) is 0 Å². The molecule has 8 nitrogen and oxygen atoms in total. The number of thiocarbonyl (C=S) groups is 2. The Morgan fingerprint density at radius 1 is 0.880 bits per heavy atom. The number of nitrogen functional groups attached to an aromatic ring is 2. The Kier molecular flexibility index (Phi) is 8.28. The quantitative estimate of drug-likeness (QED) is 0.381. The molecule has 0 aliphatic rings.